The Bertz CT molecular complexity index is 828. The zero-order chi connectivity index (χ0) is 23.8. The Labute approximate surface area is 214 Å². The predicted octanol–water partition coefficient (Wildman–Crippen LogP) is 11.3. The molecular weight excluding hydrogens is 430 g/mol. The first-order valence-corrected chi connectivity index (χ1v) is 15.3. The highest BCUT2D eigenvalue weighted by Crippen LogP contribution is 2.46. The standard InChI is InChI=1S/C32H49NS/c1-3-5-7-9-11-13-15-17-21-27-25-26-31-32(33-29-23-19-20-24-30(29)34-31)28(27)22-18-16-14-12-10-8-6-4-2/h19-20,23-26,33H,3-18,21-22H2,1-2H3. The van der Waals surface area contributed by atoms with Crippen molar-refractivity contribution in [3.8, 4) is 0 Å². The highest BCUT2D eigenvalue weighted by molar-refractivity contribution is 7.99. The smallest absolute Gasteiger partial charge is 0.0561 e. The van der Waals surface area contributed by atoms with E-state index in [2.05, 4.69) is 55.6 Å². The number of nitrogens with one attached hydrogen (secondary N) is 1. The third-order valence-corrected chi connectivity index (χ3v) is 8.45. The van der Waals surface area contributed by atoms with E-state index in [9.17, 15) is 0 Å². The van der Waals surface area contributed by atoms with Crippen LogP contribution in [0.15, 0.2) is 46.2 Å². The molecule has 34 heavy (non-hydrogen) atoms. The van der Waals surface area contributed by atoms with E-state index in [1.165, 1.54) is 137 Å². The Kier molecular flexibility index (Phi) is 13.0. The summed E-state index contributed by atoms with van der Waals surface area (Å²) in [4.78, 5) is 2.76. The molecule has 1 aliphatic heterocycles. The summed E-state index contributed by atoms with van der Waals surface area (Å²) in [5.41, 5.74) is 5.89. The maximum Gasteiger partial charge on any atom is 0.0561 e. The van der Waals surface area contributed by atoms with Gasteiger partial charge in [0, 0.05) is 9.79 Å². The fraction of sp³-hybridized carbons (Fsp3) is 0.625. The fourth-order valence-corrected chi connectivity index (χ4v) is 6.23. The minimum atomic E-state index is 1.22. The highest BCUT2D eigenvalue weighted by Gasteiger charge is 2.20. The third-order valence-electron chi connectivity index (χ3n) is 7.32. The minimum absolute atomic E-state index is 1.22. The van der Waals surface area contributed by atoms with E-state index in [0.29, 0.717) is 0 Å². The number of anilines is 2. The van der Waals surface area contributed by atoms with Gasteiger partial charge in [0.1, 0.15) is 0 Å². The summed E-state index contributed by atoms with van der Waals surface area (Å²) >= 11 is 1.94. The van der Waals surface area contributed by atoms with Crippen LogP contribution in [0.4, 0.5) is 11.4 Å². The first-order chi connectivity index (χ1) is 16.8. The second-order valence-electron chi connectivity index (χ2n) is 10.2. The SMILES string of the molecule is CCCCCCCCCCc1ccc2c(c1CCCCCCCCCC)Nc1ccccc1S2. The van der Waals surface area contributed by atoms with Crippen molar-refractivity contribution in [2.24, 2.45) is 0 Å². The van der Waals surface area contributed by atoms with Gasteiger partial charge in [0.15, 0.2) is 0 Å². The Morgan fingerprint density at radius 3 is 1.76 bits per heavy atom. The Hall–Kier alpha value is -1.41. The van der Waals surface area contributed by atoms with E-state index in [-0.39, 0.29) is 0 Å². The number of para-hydroxylation sites is 1. The Morgan fingerprint density at radius 2 is 1.12 bits per heavy atom. The maximum atomic E-state index is 3.83. The second-order valence-corrected chi connectivity index (χ2v) is 11.3. The van der Waals surface area contributed by atoms with Gasteiger partial charge < -0.3 is 5.32 Å². The molecule has 1 heterocycles. The molecule has 2 heteroatoms. The van der Waals surface area contributed by atoms with E-state index in [1.54, 1.807) is 11.1 Å². The van der Waals surface area contributed by atoms with Gasteiger partial charge in [0.25, 0.3) is 0 Å². The molecule has 3 rings (SSSR count). The van der Waals surface area contributed by atoms with Crippen LogP contribution in [-0.4, -0.2) is 0 Å². The lowest BCUT2D eigenvalue weighted by Crippen LogP contribution is -2.07. The van der Waals surface area contributed by atoms with Gasteiger partial charge in [-0.2, -0.15) is 0 Å². The monoisotopic (exact) mass is 479 g/mol. The van der Waals surface area contributed by atoms with Gasteiger partial charge in [-0.05, 0) is 55.0 Å². The fourth-order valence-electron chi connectivity index (χ4n) is 5.21. The molecule has 2 aromatic carbocycles. The van der Waals surface area contributed by atoms with Crippen LogP contribution in [0, 0.1) is 0 Å². The lowest BCUT2D eigenvalue weighted by molar-refractivity contribution is 0.570. The summed E-state index contributed by atoms with van der Waals surface area (Å²) in [6, 6.07) is 13.6. The predicted molar refractivity (Wildman–Crippen MR) is 153 cm³/mol. The molecule has 0 saturated heterocycles. The molecule has 0 fully saturated rings. The summed E-state index contributed by atoms with van der Waals surface area (Å²) in [7, 11) is 0. The molecule has 0 radical (unpaired) electrons. The first kappa shape index (κ1) is 27.2. The van der Waals surface area contributed by atoms with Crippen molar-refractivity contribution in [3.63, 3.8) is 0 Å². The van der Waals surface area contributed by atoms with Crippen molar-refractivity contribution in [2.45, 2.75) is 139 Å². The van der Waals surface area contributed by atoms with Crippen molar-refractivity contribution >= 4 is 23.1 Å². The molecule has 1 aliphatic rings. The van der Waals surface area contributed by atoms with Crippen LogP contribution in [0.2, 0.25) is 0 Å². The lowest BCUT2D eigenvalue weighted by atomic mass is 9.94. The van der Waals surface area contributed by atoms with Gasteiger partial charge in [-0.25, -0.2) is 0 Å². The topological polar surface area (TPSA) is 12.0 Å². The van der Waals surface area contributed by atoms with E-state index in [0.717, 1.165) is 0 Å². The largest absolute Gasteiger partial charge is 0.353 e. The van der Waals surface area contributed by atoms with Crippen LogP contribution in [0.1, 0.15) is 128 Å². The molecule has 0 unspecified atom stereocenters. The van der Waals surface area contributed by atoms with Crippen LogP contribution in [0.5, 0.6) is 0 Å². The van der Waals surface area contributed by atoms with Gasteiger partial charge in [0.05, 0.1) is 11.4 Å². The molecule has 0 spiro atoms. The molecule has 188 valence electrons. The molecule has 1 nitrogen and oxygen atoms in total. The summed E-state index contributed by atoms with van der Waals surface area (Å²) in [6.45, 7) is 4.60. The number of unbranched alkanes of at least 4 members (excludes halogenated alkanes) is 14. The number of aryl methyl sites for hydroxylation is 1. The third kappa shape index (κ3) is 8.99. The second kappa shape index (κ2) is 16.3. The molecule has 0 amide bonds. The van der Waals surface area contributed by atoms with Gasteiger partial charge in [-0.15, -0.1) is 0 Å². The van der Waals surface area contributed by atoms with E-state index in [1.807, 2.05) is 11.8 Å². The molecule has 2 aromatic rings. The molecule has 0 aromatic heterocycles. The van der Waals surface area contributed by atoms with Gasteiger partial charge in [-0.3, -0.25) is 0 Å². The van der Waals surface area contributed by atoms with Crippen molar-refractivity contribution in [1.82, 2.24) is 0 Å². The van der Waals surface area contributed by atoms with Gasteiger partial charge >= 0.3 is 0 Å². The van der Waals surface area contributed by atoms with Crippen LogP contribution in [-0.2, 0) is 12.8 Å². The zero-order valence-electron chi connectivity index (χ0n) is 22.1. The van der Waals surface area contributed by atoms with Crippen molar-refractivity contribution in [1.29, 1.82) is 0 Å². The summed E-state index contributed by atoms with van der Waals surface area (Å²) in [5, 5.41) is 3.83. The molecule has 1 N–H and O–H groups in total. The highest BCUT2D eigenvalue weighted by atomic mass is 32.2. The lowest BCUT2D eigenvalue weighted by Gasteiger charge is -2.25. The Balaban J connectivity index is 1.55. The number of benzene rings is 2. The van der Waals surface area contributed by atoms with Crippen LogP contribution in [0.25, 0.3) is 0 Å². The normalized spacial score (nSPS) is 12.3. The van der Waals surface area contributed by atoms with Crippen molar-refractivity contribution < 1.29 is 0 Å². The number of hydrogen-bond acceptors (Lipinski definition) is 2. The first-order valence-electron chi connectivity index (χ1n) is 14.5. The number of fused-ring (bicyclic) bond motifs is 2. The van der Waals surface area contributed by atoms with E-state index < -0.39 is 0 Å². The van der Waals surface area contributed by atoms with Crippen molar-refractivity contribution in [2.75, 3.05) is 5.32 Å². The number of hydrogen-bond donors (Lipinski definition) is 1. The average Bonchev–Trinajstić information content (AvgIpc) is 2.86. The minimum Gasteiger partial charge on any atom is -0.353 e. The summed E-state index contributed by atoms with van der Waals surface area (Å²) < 4.78 is 0. The quantitative estimate of drug-likeness (QED) is 0.182. The van der Waals surface area contributed by atoms with E-state index >= 15 is 0 Å². The van der Waals surface area contributed by atoms with Gasteiger partial charge in [0.2, 0.25) is 0 Å². The van der Waals surface area contributed by atoms with Crippen LogP contribution in [0.3, 0.4) is 0 Å². The molecular formula is C32H49NS. The van der Waals surface area contributed by atoms with Crippen LogP contribution < -0.4 is 5.32 Å². The average molecular weight is 480 g/mol. The Morgan fingerprint density at radius 1 is 0.559 bits per heavy atom. The molecule has 0 bridgehead atoms. The summed E-state index contributed by atoms with van der Waals surface area (Å²) in [6.07, 6.45) is 24.7. The number of rotatable bonds is 18. The maximum absolute atomic E-state index is 3.83. The van der Waals surface area contributed by atoms with E-state index in [4.69, 9.17) is 0 Å². The summed E-state index contributed by atoms with van der Waals surface area (Å²) in [5.74, 6) is 0. The van der Waals surface area contributed by atoms with Crippen LogP contribution >= 0.6 is 11.8 Å². The molecule has 0 aliphatic carbocycles. The molecule has 0 atom stereocenters. The zero-order valence-corrected chi connectivity index (χ0v) is 22.9. The molecule has 0 saturated carbocycles. The van der Waals surface area contributed by atoms with Crippen molar-refractivity contribution in [3.05, 3.63) is 47.5 Å². The van der Waals surface area contributed by atoms with Gasteiger partial charge in [-0.1, -0.05) is 134 Å².